The first-order valence-corrected chi connectivity index (χ1v) is 5.98. The lowest BCUT2D eigenvalue weighted by Crippen LogP contribution is -1.96. The zero-order valence-electron chi connectivity index (χ0n) is 8.87. The van der Waals surface area contributed by atoms with Crippen molar-refractivity contribution < 1.29 is 4.79 Å². The average Bonchev–Trinajstić information content (AvgIpc) is 2.27. The fourth-order valence-corrected chi connectivity index (χ4v) is 1.70. The minimum absolute atomic E-state index is 0.181. The van der Waals surface area contributed by atoms with Crippen LogP contribution in [0.2, 0.25) is 0 Å². The molecule has 1 nitrogen and oxygen atoms in total. The largest absolute Gasteiger partial charge is 0.294 e. The molecular weight excluding hydrogens is 252 g/mol. The van der Waals surface area contributed by atoms with Gasteiger partial charge in [0, 0.05) is 6.42 Å². The molecule has 0 spiro atoms. The Morgan fingerprint density at radius 1 is 1.33 bits per heavy atom. The van der Waals surface area contributed by atoms with E-state index >= 15 is 0 Å². The third-order valence-corrected chi connectivity index (χ3v) is 2.79. The van der Waals surface area contributed by atoms with E-state index in [9.17, 15) is 4.79 Å². The van der Waals surface area contributed by atoms with Crippen LogP contribution in [-0.2, 0) is 4.79 Å². The van der Waals surface area contributed by atoms with E-state index in [-0.39, 0.29) is 5.78 Å². The van der Waals surface area contributed by atoms with Crippen molar-refractivity contribution in [1.82, 2.24) is 0 Å². The van der Waals surface area contributed by atoms with Crippen LogP contribution < -0.4 is 0 Å². The monoisotopic (exact) mass is 266 g/mol. The molecular formula is C13H15BrO. The summed E-state index contributed by atoms with van der Waals surface area (Å²) in [4.78, 5) is 11.6. The SMILES string of the molecule is CCCCC(=O)/C(Br)=C\c1ccccc1. The van der Waals surface area contributed by atoms with Gasteiger partial charge in [0.2, 0.25) is 0 Å². The maximum absolute atomic E-state index is 11.6. The molecule has 0 aliphatic rings. The molecule has 0 aliphatic heterocycles. The molecule has 0 radical (unpaired) electrons. The second kappa shape index (κ2) is 6.57. The van der Waals surface area contributed by atoms with Crippen LogP contribution in [0.5, 0.6) is 0 Å². The average molecular weight is 267 g/mol. The topological polar surface area (TPSA) is 17.1 Å². The fraction of sp³-hybridized carbons (Fsp3) is 0.308. The summed E-state index contributed by atoms with van der Waals surface area (Å²) in [7, 11) is 0. The maximum Gasteiger partial charge on any atom is 0.169 e. The van der Waals surface area contributed by atoms with Gasteiger partial charge in [0.05, 0.1) is 4.48 Å². The van der Waals surface area contributed by atoms with E-state index in [2.05, 4.69) is 22.9 Å². The van der Waals surface area contributed by atoms with E-state index in [0.717, 1.165) is 18.4 Å². The summed E-state index contributed by atoms with van der Waals surface area (Å²) in [6.45, 7) is 2.09. The Bertz CT molecular complexity index is 341. The summed E-state index contributed by atoms with van der Waals surface area (Å²) in [5, 5.41) is 0. The van der Waals surface area contributed by atoms with Crippen molar-refractivity contribution in [2.45, 2.75) is 26.2 Å². The van der Waals surface area contributed by atoms with Crippen LogP contribution in [0.4, 0.5) is 0 Å². The van der Waals surface area contributed by atoms with Crippen molar-refractivity contribution in [2.24, 2.45) is 0 Å². The molecule has 0 saturated carbocycles. The predicted octanol–water partition coefficient (Wildman–Crippen LogP) is 4.18. The summed E-state index contributed by atoms with van der Waals surface area (Å²) >= 11 is 3.32. The van der Waals surface area contributed by atoms with Crippen LogP contribution in [0.3, 0.4) is 0 Å². The van der Waals surface area contributed by atoms with Crippen LogP contribution in [0.25, 0.3) is 6.08 Å². The Morgan fingerprint density at radius 3 is 2.60 bits per heavy atom. The number of Topliss-reactive ketones (excluding diaryl/α,β-unsaturated/α-hetero) is 1. The third-order valence-electron chi connectivity index (χ3n) is 2.12. The minimum atomic E-state index is 0.181. The normalized spacial score (nSPS) is 11.5. The summed E-state index contributed by atoms with van der Waals surface area (Å²) in [6, 6.07) is 9.85. The minimum Gasteiger partial charge on any atom is -0.294 e. The number of carbonyl (C=O) groups is 1. The molecule has 80 valence electrons. The van der Waals surface area contributed by atoms with Gasteiger partial charge in [-0.1, -0.05) is 43.7 Å². The number of unbranched alkanes of at least 4 members (excludes halogenated alkanes) is 1. The lowest BCUT2D eigenvalue weighted by atomic mass is 10.1. The Hall–Kier alpha value is -0.890. The molecule has 1 aromatic carbocycles. The summed E-state index contributed by atoms with van der Waals surface area (Å²) in [5.41, 5.74) is 1.05. The van der Waals surface area contributed by atoms with E-state index in [1.165, 1.54) is 0 Å². The van der Waals surface area contributed by atoms with Crippen molar-refractivity contribution in [3.63, 3.8) is 0 Å². The van der Waals surface area contributed by atoms with Crippen LogP contribution in [0, 0.1) is 0 Å². The molecule has 0 aliphatic carbocycles. The third kappa shape index (κ3) is 4.43. The number of rotatable bonds is 5. The van der Waals surface area contributed by atoms with Crippen LogP contribution in [-0.4, -0.2) is 5.78 Å². The molecule has 0 unspecified atom stereocenters. The van der Waals surface area contributed by atoms with E-state index in [4.69, 9.17) is 0 Å². The van der Waals surface area contributed by atoms with Crippen LogP contribution >= 0.6 is 15.9 Å². The Kier molecular flexibility index (Phi) is 5.33. The fourth-order valence-electron chi connectivity index (χ4n) is 1.23. The second-order valence-electron chi connectivity index (χ2n) is 3.43. The lowest BCUT2D eigenvalue weighted by molar-refractivity contribution is -0.114. The molecule has 15 heavy (non-hydrogen) atoms. The highest BCUT2D eigenvalue weighted by molar-refractivity contribution is 9.12. The van der Waals surface area contributed by atoms with Crippen LogP contribution in [0.1, 0.15) is 31.7 Å². The van der Waals surface area contributed by atoms with E-state index in [1.807, 2.05) is 36.4 Å². The smallest absolute Gasteiger partial charge is 0.169 e. The van der Waals surface area contributed by atoms with Gasteiger partial charge in [0.15, 0.2) is 5.78 Å². The predicted molar refractivity (Wildman–Crippen MR) is 67.9 cm³/mol. The number of hydrogen-bond donors (Lipinski definition) is 0. The van der Waals surface area contributed by atoms with Crippen molar-refractivity contribution in [3.05, 3.63) is 40.4 Å². The number of halogens is 1. The molecule has 0 fully saturated rings. The van der Waals surface area contributed by atoms with Gasteiger partial charge in [0.1, 0.15) is 0 Å². The van der Waals surface area contributed by atoms with Crippen LogP contribution in [0.15, 0.2) is 34.8 Å². The van der Waals surface area contributed by atoms with Gasteiger partial charge < -0.3 is 0 Å². The second-order valence-corrected chi connectivity index (χ2v) is 4.28. The molecule has 0 heterocycles. The molecule has 0 saturated heterocycles. The highest BCUT2D eigenvalue weighted by Crippen LogP contribution is 2.15. The van der Waals surface area contributed by atoms with Crippen molar-refractivity contribution in [1.29, 1.82) is 0 Å². The van der Waals surface area contributed by atoms with Gasteiger partial charge in [-0.2, -0.15) is 0 Å². The first kappa shape index (κ1) is 12.2. The summed E-state index contributed by atoms with van der Waals surface area (Å²) < 4.78 is 0.669. The van der Waals surface area contributed by atoms with Gasteiger partial charge in [-0.05, 0) is 34.0 Å². The zero-order valence-corrected chi connectivity index (χ0v) is 10.5. The Morgan fingerprint density at radius 2 is 2.00 bits per heavy atom. The molecule has 1 aromatic rings. The molecule has 2 heteroatoms. The number of benzene rings is 1. The zero-order chi connectivity index (χ0) is 11.1. The van der Waals surface area contributed by atoms with Gasteiger partial charge in [0.25, 0.3) is 0 Å². The van der Waals surface area contributed by atoms with Gasteiger partial charge in [-0.25, -0.2) is 0 Å². The highest BCUT2D eigenvalue weighted by atomic mass is 79.9. The number of carbonyl (C=O) groups excluding carboxylic acids is 1. The van der Waals surface area contributed by atoms with Gasteiger partial charge in [-0.15, -0.1) is 0 Å². The molecule has 1 rings (SSSR count). The molecule has 0 aromatic heterocycles. The number of allylic oxidation sites excluding steroid dienone is 1. The molecule has 0 N–H and O–H groups in total. The van der Waals surface area contributed by atoms with E-state index in [1.54, 1.807) is 0 Å². The van der Waals surface area contributed by atoms with Gasteiger partial charge in [-0.3, -0.25) is 4.79 Å². The first-order valence-electron chi connectivity index (χ1n) is 5.19. The lowest BCUT2D eigenvalue weighted by Gasteiger charge is -1.98. The maximum atomic E-state index is 11.6. The van der Waals surface area contributed by atoms with Crippen molar-refractivity contribution >= 4 is 27.8 Å². The Balaban J connectivity index is 2.63. The Labute approximate surface area is 99.3 Å². The first-order chi connectivity index (χ1) is 7.24. The summed E-state index contributed by atoms with van der Waals surface area (Å²) in [6.07, 6.45) is 4.51. The van der Waals surface area contributed by atoms with E-state index in [0.29, 0.717) is 10.9 Å². The van der Waals surface area contributed by atoms with E-state index < -0.39 is 0 Å². The molecule has 0 amide bonds. The summed E-state index contributed by atoms with van der Waals surface area (Å²) in [5.74, 6) is 0.181. The number of ketones is 1. The quantitative estimate of drug-likeness (QED) is 0.731. The van der Waals surface area contributed by atoms with Crippen molar-refractivity contribution in [3.8, 4) is 0 Å². The van der Waals surface area contributed by atoms with Gasteiger partial charge >= 0.3 is 0 Å². The highest BCUT2D eigenvalue weighted by Gasteiger charge is 2.04. The molecule has 0 bridgehead atoms. The molecule has 0 atom stereocenters. The number of hydrogen-bond acceptors (Lipinski definition) is 1. The van der Waals surface area contributed by atoms with Crippen molar-refractivity contribution in [2.75, 3.05) is 0 Å². The standard InChI is InChI=1S/C13H15BrO/c1-2-3-9-13(15)12(14)10-11-7-5-4-6-8-11/h4-8,10H,2-3,9H2,1H3/b12-10+.